The van der Waals surface area contributed by atoms with Crippen molar-refractivity contribution in [1.29, 1.82) is 0 Å². The highest BCUT2D eigenvalue weighted by atomic mass is 32.2. The number of imide groups is 1. The Kier molecular flexibility index (Phi) is 4.51. The molecule has 0 spiro atoms. The number of amides is 2. The summed E-state index contributed by atoms with van der Waals surface area (Å²) < 4.78 is 5.31. The van der Waals surface area contributed by atoms with Gasteiger partial charge >= 0.3 is 6.09 Å². The molecule has 6 nitrogen and oxygen atoms in total. The summed E-state index contributed by atoms with van der Waals surface area (Å²) in [6.45, 7) is 5.54. The van der Waals surface area contributed by atoms with Crippen LogP contribution in [0.15, 0.2) is 35.6 Å². The number of benzene rings is 1. The number of nitrogens with zero attached hydrogens (tertiary/aromatic N) is 3. The number of carbonyl (C=O) groups is 2. The van der Waals surface area contributed by atoms with Gasteiger partial charge in [-0.15, -0.1) is 0 Å². The first-order valence-electron chi connectivity index (χ1n) is 7.83. The number of ether oxygens (including phenoxy) is 1. The molecule has 2 heterocycles. The van der Waals surface area contributed by atoms with E-state index in [9.17, 15) is 9.59 Å². The molecule has 0 bridgehead atoms. The fraction of sp³-hybridized carbons (Fsp3) is 0.333. The quantitative estimate of drug-likeness (QED) is 0.602. The monoisotopic (exact) mass is 357 g/mol. The molecule has 0 aliphatic carbocycles. The summed E-state index contributed by atoms with van der Waals surface area (Å²) in [7, 11) is 0. The van der Waals surface area contributed by atoms with Gasteiger partial charge in [0.25, 0.3) is 5.91 Å². The maximum Gasteiger partial charge on any atom is 0.417 e. The third-order valence-corrected chi connectivity index (χ3v) is 4.20. The van der Waals surface area contributed by atoms with Crippen molar-refractivity contribution in [2.24, 2.45) is 0 Å². The molecule has 1 aliphatic heterocycles. The standard InChI is InChI=1S/C18H19N3O3S/c1-18(2,3)24-17(23)21-10-12-6-5-11(9-13(12)15(21)22)14-7-8-19-16(20-14)25-4/h5-9H,10H2,1-4H3. The molecule has 2 aromatic rings. The van der Waals surface area contributed by atoms with Crippen LogP contribution >= 0.6 is 11.8 Å². The number of thioether (sulfide) groups is 1. The molecular weight excluding hydrogens is 338 g/mol. The summed E-state index contributed by atoms with van der Waals surface area (Å²) in [5.41, 5.74) is 2.22. The van der Waals surface area contributed by atoms with Gasteiger partial charge in [0.15, 0.2) is 5.16 Å². The lowest BCUT2D eigenvalue weighted by atomic mass is 10.0. The Morgan fingerprint density at radius 2 is 2.04 bits per heavy atom. The minimum Gasteiger partial charge on any atom is -0.443 e. The summed E-state index contributed by atoms with van der Waals surface area (Å²) >= 11 is 1.45. The highest BCUT2D eigenvalue weighted by Crippen LogP contribution is 2.29. The van der Waals surface area contributed by atoms with E-state index in [2.05, 4.69) is 9.97 Å². The number of rotatable bonds is 2. The van der Waals surface area contributed by atoms with Crippen molar-refractivity contribution in [3.63, 3.8) is 0 Å². The van der Waals surface area contributed by atoms with E-state index in [1.807, 2.05) is 18.4 Å². The molecule has 0 atom stereocenters. The zero-order valence-corrected chi connectivity index (χ0v) is 15.4. The molecule has 1 aromatic heterocycles. The minimum absolute atomic E-state index is 0.225. The largest absolute Gasteiger partial charge is 0.443 e. The smallest absolute Gasteiger partial charge is 0.417 e. The third kappa shape index (κ3) is 3.66. The van der Waals surface area contributed by atoms with Gasteiger partial charge in [-0.3, -0.25) is 4.79 Å². The molecule has 0 saturated heterocycles. The van der Waals surface area contributed by atoms with Crippen LogP contribution in [0, 0.1) is 0 Å². The van der Waals surface area contributed by atoms with E-state index in [0.717, 1.165) is 21.7 Å². The lowest BCUT2D eigenvalue weighted by molar-refractivity contribution is 0.0248. The van der Waals surface area contributed by atoms with Crippen LogP contribution in [0.3, 0.4) is 0 Å². The highest BCUT2D eigenvalue weighted by molar-refractivity contribution is 7.98. The number of fused-ring (bicyclic) bond motifs is 1. The molecule has 3 rings (SSSR count). The van der Waals surface area contributed by atoms with E-state index < -0.39 is 11.7 Å². The van der Waals surface area contributed by atoms with Crippen molar-refractivity contribution in [1.82, 2.24) is 14.9 Å². The molecule has 7 heteroatoms. The predicted octanol–water partition coefficient (Wildman–Crippen LogP) is 3.76. The zero-order chi connectivity index (χ0) is 18.2. The van der Waals surface area contributed by atoms with Gasteiger partial charge in [0.05, 0.1) is 12.2 Å². The zero-order valence-electron chi connectivity index (χ0n) is 14.6. The van der Waals surface area contributed by atoms with E-state index in [1.165, 1.54) is 11.8 Å². The SMILES string of the molecule is CSc1nccc(-c2ccc3c(c2)C(=O)N(C(=O)OC(C)(C)C)C3)n1. The average Bonchev–Trinajstić information content (AvgIpc) is 2.90. The van der Waals surface area contributed by atoms with Gasteiger partial charge in [0, 0.05) is 17.3 Å². The van der Waals surface area contributed by atoms with Gasteiger partial charge in [-0.2, -0.15) is 0 Å². The van der Waals surface area contributed by atoms with Gasteiger partial charge in [-0.25, -0.2) is 19.7 Å². The Balaban J connectivity index is 1.88. The lowest BCUT2D eigenvalue weighted by Crippen LogP contribution is -2.36. The van der Waals surface area contributed by atoms with E-state index in [1.54, 1.807) is 39.1 Å². The maximum absolute atomic E-state index is 12.6. The minimum atomic E-state index is -0.646. The fourth-order valence-corrected chi connectivity index (χ4v) is 2.88. The van der Waals surface area contributed by atoms with E-state index >= 15 is 0 Å². The van der Waals surface area contributed by atoms with Crippen molar-refractivity contribution in [3.8, 4) is 11.3 Å². The van der Waals surface area contributed by atoms with Crippen molar-refractivity contribution >= 4 is 23.8 Å². The van der Waals surface area contributed by atoms with Crippen molar-refractivity contribution < 1.29 is 14.3 Å². The topological polar surface area (TPSA) is 72.4 Å². The van der Waals surface area contributed by atoms with Crippen LogP contribution in [0.5, 0.6) is 0 Å². The molecule has 0 unspecified atom stereocenters. The number of hydrogen-bond acceptors (Lipinski definition) is 6. The van der Waals surface area contributed by atoms with Crippen LogP contribution in [-0.4, -0.2) is 38.7 Å². The van der Waals surface area contributed by atoms with Crippen molar-refractivity contribution in [2.45, 2.75) is 38.1 Å². The van der Waals surface area contributed by atoms with Crippen LogP contribution in [0.2, 0.25) is 0 Å². The van der Waals surface area contributed by atoms with Crippen molar-refractivity contribution in [2.75, 3.05) is 6.26 Å². The Bertz CT molecular complexity index is 846. The number of carbonyl (C=O) groups excluding carboxylic acids is 2. The normalized spacial score (nSPS) is 13.8. The lowest BCUT2D eigenvalue weighted by Gasteiger charge is -2.23. The second-order valence-electron chi connectivity index (χ2n) is 6.67. The van der Waals surface area contributed by atoms with Gasteiger partial charge < -0.3 is 4.74 Å². The van der Waals surface area contributed by atoms with Gasteiger partial charge in [-0.05, 0) is 44.7 Å². The molecule has 25 heavy (non-hydrogen) atoms. The first-order valence-corrected chi connectivity index (χ1v) is 9.06. The Morgan fingerprint density at radius 3 is 2.72 bits per heavy atom. The first kappa shape index (κ1) is 17.4. The second kappa shape index (κ2) is 6.48. The van der Waals surface area contributed by atoms with Crippen LogP contribution in [0.4, 0.5) is 4.79 Å². The van der Waals surface area contributed by atoms with Crippen molar-refractivity contribution in [3.05, 3.63) is 41.6 Å². The number of aromatic nitrogens is 2. The average molecular weight is 357 g/mol. The molecular formula is C18H19N3O3S. The molecule has 1 aromatic carbocycles. The molecule has 2 amide bonds. The highest BCUT2D eigenvalue weighted by Gasteiger charge is 2.35. The first-order chi connectivity index (χ1) is 11.8. The Labute approximate surface area is 150 Å². The molecule has 130 valence electrons. The predicted molar refractivity (Wildman–Crippen MR) is 95.4 cm³/mol. The molecule has 0 N–H and O–H groups in total. The van der Waals surface area contributed by atoms with Crippen LogP contribution in [0.25, 0.3) is 11.3 Å². The van der Waals surface area contributed by atoms with E-state index in [4.69, 9.17) is 4.74 Å². The summed E-state index contributed by atoms with van der Waals surface area (Å²) in [6, 6.07) is 7.33. The van der Waals surface area contributed by atoms with E-state index in [0.29, 0.717) is 10.7 Å². The van der Waals surface area contributed by atoms with Crippen LogP contribution in [-0.2, 0) is 11.3 Å². The van der Waals surface area contributed by atoms with Gasteiger partial charge in [0.1, 0.15) is 5.60 Å². The third-order valence-electron chi connectivity index (χ3n) is 3.64. The molecule has 0 saturated carbocycles. The maximum atomic E-state index is 12.6. The number of hydrogen-bond donors (Lipinski definition) is 0. The van der Waals surface area contributed by atoms with Gasteiger partial charge in [-0.1, -0.05) is 23.9 Å². The molecule has 0 fully saturated rings. The summed E-state index contributed by atoms with van der Waals surface area (Å²) in [6.07, 6.45) is 2.97. The summed E-state index contributed by atoms with van der Waals surface area (Å²) in [5, 5.41) is 0.666. The Hall–Kier alpha value is -2.41. The summed E-state index contributed by atoms with van der Waals surface area (Å²) in [5.74, 6) is -0.342. The fourth-order valence-electron chi connectivity index (χ4n) is 2.52. The summed E-state index contributed by atoms with van der Waals surface area (Å²) in [4.78, 5) is 34.6. The van der Waals surface area contributed by atoms with Crippen LogP contribution in [0.1, 0.15) is 36.7 Å². The Morgan fingerprint density at radius 1 is 1.28 bits per heavy atom. The van der Waals surface area contributed by atoms with E-state index in [-0.39, 0.29) is 12.5 Å². The molecule has 1 aliphatic rings. The van der Waals surface area contributed by atoms with Gasteiger partial charge in [0.2, 0.25) is 0 Å². The second-order valence-corrected chi connectivity index (χ2v) is 7.45. The van der Waals surface area contributed by atoms with Crippen LogP contribution < -0.4 is 0 Å². The molecule has 0 radical (unpaired) electrons.